The molecule has 0 amide bonds. The van der Waals surface area contributed by atoms with Crippen LogP contribution < -0.4 is 0 Å². The van der Waals surface area contributed by atoms with Crippen molar-refractivity contribution in [2.75, 3.05) is 0 Å². The predicted octanol–water partition coefficient (Wildman–Crippen LogP) is 0.783. The first kappa shape index (κ1) is 11.3. The average Bonchev–Trinajstić information content (AvgIpc) is 2.25. The number of aliphatic hydroxyl groups excluding tert-OH is 2. The summed E-state index contributed by atoms with van der Waals surface area (Å²) in [6.45, 7) is 1.48. The molecule has 15 heavy (non-hydrogen) atoms. The summed E-state index contributed by atoms with van der Waals surface area (Å²) >= 11 is 0. The Labute approximate surface area is 89.6 Å². The number of hydrogen-bond donors (Lipinski definition) is 2. The van der Waals surface area contributed by atoms with Gasteiger partial charge in [0.2, 0.25) is 0 Å². The number of hydrogen-bond acceptors (Lipinski definition) is 2. The zero-order valence-electron chi connectivity index (χ0n) is 8.44. The summed E-state index contributed by atoms with van der Waals surface area (Å²) in [4.78, 5) is 0. The summed E-state index contributed by atoms with van der Waals surface area (Å²) < 4.78 is 0. The van der Waals surface area contributed by atoms with E-state index in [4.69, 9.17) is 10.2 Å². The van der Waals surface area contributed by atoms with E-state index in [-0.39, 0.29) is 0 Å². The zero-order chi connectivity index (χ0) is 11.1. The Morgan fingerprint density at radius 2 is 1.73 bits per heavy atom. The molecule has 0 unspecified atom stereocenters. The van der Waals surface area contributed by atoms with Crippen molar-refractivity contribution in [3.05, 3.63) is 35.9 Å². The van der Waals surface area contributed by atoms with Crippen molar-refractivity contribution in [2.24, 2.45) is 0 Å². The summed E-state index contributed by atoms with van der Waals surface area (Å²) in [5.41, 5.74) is 0.873. The van der Waals surface area contributed by atoms with Crippen LogP contribution in [0.1, 0.15) is 12.5 Å². The molecule has 1 aromatic rings. The molecule has 1 rings (SSSR count). The molecule has 2 heteroatoms. The fraction of sp³-hybridized carbons (Fsp3) is 0.231. The molecule has 0 heterocycles. The van der Waals surface area contributed by atoms with Crippen LogP contribution in [0.15, 0.2) is 30.3 Å². The fourth-order valence-corrected chi connectivity index (χ4v) is 0.856. The third-order valence-corrected chi connectivity index (χ3v) is 1.72. The first-order valence-corrected chi connectivity index (χ1v) is 4.63. The van der Waals surface area contributed by atoms with Crippen molar-refractivity contribution < 1.29 is 10.2 Å². The SMILES string of the molecule is C[C@@H](O)[C@H](O)C#CC#Cc1ccccc1. The van der Waals surface area contributed by atoms with Crippen LogP contribution in [0.5, 0.6) is 0 Å². The van der Waals surface area contributed by atoms with Gasteiger partial charge in [-0.25, -0.2) is 0 Å². The van der Waals surface area contributed by atoms with Gasteiger partial charge in [0.1, 0.15) is 6.10 Å². The number of benzene rings is 1. The van der Waals surface area contributed by atoms with Crippen LogP contribution in [0.2, 0.25) is 0 Å². The molecule has 0 fully saturated rings. The van der Waals surface area contributed by atoms with Gasteiger partial charge in [0.25, 0.3) is 0 Å². The first-order valence-electron chi connectivity index (χ1n) is 4.63. The monoisotopic (exact) mass is 200 g/mol. The molecule has 0 radical (unpaired) electrons. The third kappa shape index (κ3) is 4.33. The van der Waals surface area contributed by atoms with E-state index in [0.717, 1.165) is 5.56 Å². The summed E-state index contributed by atoms with van der Waals surface area (Å²) in [5.74, 6) is 10.4. The topological polar surface area (TPSA) is 40.5 Å². The van der Waals surface area contributed by atoms with Crippen molar-refractivity contribution in [3.63, 3.8) is 0 Å². The van der Waals surface area contributed by atoms with Crippen molar-refractivity contribution in [2.45, 2.75) is 19.1 Å². The van der Waals surface area contributed by atoms with Crippen LogP contribution >= 0.6 is 0 Å². The summed E-state index contributed by atoms with van der Waals surface area (Å²) in [6.07, 6.45) is -1.88. The second-order valence-corrected chi connectivity index (χ2v) is 3.07. The van der Waals surface area contributed by atoms with Gasteiger partial charge in [-0.05, 0) is 30.9 Å². The molecule has 0 aliphatic rings. The first-order chi connectivity index (χ1) is 7.20. The molecule has 0 saturated carbocycles. The Bertz CT molecular complexity index is 413. The maximum Gasteiger partial charge on any atom is 0.141 e. The van der Waals surface area contributed by atoms with Gasteiger partial charge in [-0.15, -0.1) is 0 Å². The lowest BCUT2D eigenvalue weighted by Crippen LogP contribution is -2.19. The Balaban J connectivity index is 2.61. The number of aliphatic hydroxyl groups is 2. The lowest BCUT2D eigenvalue weighted by Gasteiger charge is -2.03. The van der Waals surface area contributed by atoms with Crippen LogP contribution in [-0.2, 0) is 0 Å². The second kappa shape index (κ2) is 5.88. The molecule has 0 aliphatic carbocycles. The smallest absolute Gasteiger partial charge is 0.141 e. The minimum Gasteiger partial charge on any atom is -0.390 e. The number of rotatable bonds is 1. The fourth-order valence-electron chi connectivity index (χ4n) is 0.856. The summed E-state index contributed by atoms with van der Waals surface area (Å²) in [7, 11) is 0. The van der Waals surface area contributed by atoms with Crippen LogP contribution in [0, 0.1) is 23.7 Å². The minimum absolute atomic E-state index is 0.851. The predicted molar refractivity (Wildman–Crippen MR) is 58.8 cm³/mol. The van der Waals surface area contributed by atoms with E-state index in [1.165, 1.54) is 6.92 Å². The van der Waals surface area contributed by atoms with Gasteiger partial charge < -0.3 is 10.2 Å². The molecule has 2 nitrogen and oxygen atoms in total. The average molecular weight is 200 g/mol. The highest BCUT2D eigenvalue weighted by atomic mass is 16.3. The van der Waals surface area contributed by atoms with Crippen molar-refractivity contribution in [1.82, 2.24) is 0 Å². The molecule has 76 valence electrons. The van der Waals surface area contributed by atoms with Gasteiger partial charge in [0.15, 0.2) is 0 Å². The molecule has 0 bridgehead atoms. The summed E-state index contributed by atoms with van der Waals surface area (Å²) in [6, 6.07) is 9.44. The highest BCUT2D eigenvalue weighted by molar-refractivity contribution is 5.39. The molecule has 2 N–H and O–H groups in total. The van der Waals surface area contributed by atoms with Crippen LogP contribution in [0.3, 0.4) is 0 Å². The Morgan fingerprint density at radius 1 is 1.07 bits per heavy atom. The highest BCUT2D eigenvalue weighted by Crippen LogP contribution is 1.94. The second-order valence-electron chi connectivity index (χ2n) is 3.07. The van der Waals surface area contributed by atoms with Crippen LogP contribution in [-0.4, -0.2) is 22.4 Å². The van der Waals surface area contributed by atoms with E-state index in [0.29, 0.717) is 0 Å². The Kier molecular flexibility index (Phi) is 4.44. The largest absolute Gasteiger partial charge is 0.390 e. The molecular weight excluding hydrogens is 188 g/mol. The van der Waals surface area contributed by atoms with E-state index in [9.17, 15) is 0 Å². The maximum atomic E-state index is 9.13. The van der Waals surface area contributed by atoms with E-state index in [2.05, 4.69) is 23.7 Å². The lowest BCUT2D eigenvalue weighted by molar-refractivity contribution is 0.0678. The van der Waals surface area contributed by atoms with Crippen LogP contribution in [0.4, 0.5) is 0 Å². The molecule has 0 aliphatic heterocycles. The third-order valence-electron chi connectivity index (χ3n) is 1.72. The van der Waals surface area contributed by atoms with Crippen molar-refractivity contribution in [1.29, 1.82) is 0 Å². The molecule has 0 spiro atoms. The van der Waals surface area contributed by atoms with Gasteiger partial charge in [-0.3, -0.25) is 0 Å². The van der Waals surface area contributed by atoms with Gasteiger partial charge in [-0.2, -0.15) is 0 Å². The Hall–Kier alpha value is -1.74. The van der Waals surface area contributed by atoms with Crippen molar-refractivity contribution in [3.8, 4) is 23.7 Å². The molecule has 0 aromatic heterocycles. The lowest BCUT2D eigenvalue weighted by atomic mass is 10.2. The minimum atomic E-state index is -1.03. The van der Waals surface area contributed by atoms with E-state index < -0.39 is 12.2 Å². The van der Waals surface area contributed by atoms with E-state index >= 15 is 0 Å². The van der Waals surface area contributed by atoms with Gasteiger partial charge in [0, 0.05) is 5.56 Å². The molecule has 2 atom stereocenters. The maximum absolute atomic E-state index is 9.13. The van der Waals surface area contributed by atoms with E-state index in [1.54, 1.807) is 0 Å². The quantitative estimate of drug-likeness (QED) is 0.658. The molecule has 0 saturated heterocycles. The highest BCUT2D eigenvalue weighted by Gasteiger charge is 2.04. The van der Waals surface area contributed by atoms with Gasteiger partial charge in [0.05, 0.1) is 6.10 Å². The normalized spacial score (nSPS) is 12.7. The van der Waals surface area contributed by atoms with Gasteiger partial charge >= 0.3 is 0 Å². The standard InChI is InChI=1S/C13H12O2/c1-11(14)13(15)10-6-5-9-12-7-3-2-4-8-12/h2-4,7-8,11,13-15H,1H3/t11-,13-/m1/s1. The molecule has 1 aromatic carbocycles. The molecular formula is C13H12O2. The Morgan fingerprint density at radius 3 is 2.33 bits per heavy atom. The van der Waals surface area contributed by atoms with Crippen molar-refractivity contribution >= 4 is 0 Å². The van der Waals surface area contributed by atoms with E-state index in [1.807, 2.05) is 30.3 Å². The zero-order valence-corrected chi connectivity index (χ0v) is 8.44. The summed E-state index contributed by atoms with van der Waals surface area (Å²) in [5, 5.41) is 18.1. The van der Waals surface area contributed by atoms with Crippen LogP contribution in [0.25, 0.3) is 0 Å². The van der Waals surface area contributed by atoms with Gasteiger partial charge in [-0.1, -0.05) is 30.0 Å².